The standard InChI is InChI=1S/C12H13NO4/c1-8(14)13-11(12(16)17-2)7-9-3-5-10(15)6-4-9/h3-7,15H,1-2H3,(H,13,14). The summed E-state index contributed by atoms with van der Waals surface area (Å²) in [5.74, 6) is -0.866. The number of methoxy groups -OCH3 is 1. The number of benzene rings is 1. The Kier molecular flexibility index (Phi) is 4.28. The van der Waals surface area contributed by atoms with Gasteiger partial charge in [-0.3, -0.25) is 4.79 Å². The van der Waals surface area contributed by atoms with Crippen molar-refractivity contribution in [3.8, 4) is 5.75 Å². The molecule has 5 heteroatoms. The first-order valence-electron chi connectivity index (χ1n) is 4.89. The van der Waals surface area contributed by atoms with Gasteiger partial charge in [-0.15, -0.1) is 0 Å². The first-order chi connectivity index (χ1) is 8.02. The molecule has 2 N–H and O–H groups in total. The van der Waals surface area contributed by atoms with Crippen LogP contribution in [-0.4, -0.2) is 24.1 Å². The molecule has 1 aromatic carbocycles. The van der Waals surface area contributed by atoms with Crippen LogP contribution in [0.15, 0.2) is 30.0 Å². The first kappa shape index (κ1) is 12.8. The number of carbonyl (C=O) groups is 2. The molecule has 0 spiro atoms. The lowest BCUT2D eigenvalue weighted by atomic mass is 10.2. The van der Waals surface area contributed by atoms with Gasteiger partial charge in [-0.05, 0) is 23.8 Å². The van der Waals surface area contributed by atoms with Crippen molar-refractivity contribution in [3.63, 3.8) is 0 Å². The Bertz CT molecular complexity index is 448. The zero-order chi connectivity index (χ0) is 12.8. The van der Waals surface area contributed by atoms with E-state index in [4.69, 9.17) is 5.11 Å². The normalized spacial score (nSPS) is 10.8. The molecule has 0 heterocycles. The van der Waals surface area contributed by atoms with Crippen LogP contribution in [0.4, 0.5) is 0 Å². The van der Waals surface area contributed by atoms with Gasteiger partial charge in [0.2, 0.25) is 5.91 Å². The highest BCUT2D eigenvalue weighted by Crippen LogP contribution is 2.12. The third-order valence-electron chi connectivity index (χ3n) is 1.92. The second kappa shape index (κ2) is 5.69. The van der Waals surface area contributed by atoms with E-state index in [1.165, 1.54) is 32.2 Å². The van der Waals surface area contributed by atoms with Crippen molar-refractivity contribution in [1.29, 1.82) is 0 Å². The molecule has 0 aliphatic heterocycles. The Morgan fingerprint density at radius 2 is 1.88 bits per heavy atom. The van der Waals surface area contributed by atoms with Crippen molar-refractivity contribution in [3.05, 3.63) is 35.5 Å². The average molecular weight is 235 g/mol. The molecular weight excluding hydrogens is 222 g/mol. The molecule has 0 aliphatic carbocycles. The number of ether oxygens (including phenoxy) is 1. The maximum atomic E-state index is 11.4. The van der Waals surface area contributed by atoms with Crippen LogP contribution in [0.25, 0.3) is 6.08 Å². The van der Waals surface area contributed by atoms with Crippen molar-refractivity contribution >= 4 is 18.0 Å². The number of phenols is 1. The fourth-order valence-corrected chi connectivity index (χ4v) is 1.18. The number of hydrogen-bond donors (Lipinski definition) is 2. The molecule has 0 saturated heterocycles. The minimum atomic E-state index is -0.631. The maximum Gasteiger partial charge on any atom is 0.354 e. The molecule has 0 radical (unpaired) electrons. The molecule has 5 nitrogen and oxygen atoms in total. The second-order valence-electron chi connectivity index (χ2n) is 3.32. The lowest BCUT2D eigenvalue weighted by Gasteiger charge is -2.05. The lowest BCUT2D eigenvalue weighted by molar-refractivity contribution is -0.137. The van der Waals surface area contributed by atoms with E-state index in [9.17, 15) is 9.59 Å². The van der Waals surface area contributed by atoms with E-state index in [1.54, 1.807) is 12.1 Å². The van der Waals surface area contributed by atoms with Crippen LogP contribution in [0.1, 0.15) is 12.5 Å². The van der Waals surface area contributed by atoms with E-state index in [1.807, 2.05) is 0 Å². The topological polar surface area (TPSA) is 75.6 Å². The van der Waals surface area contributed by atoms with Gasteiger partial charge in [0, 0.05) is 6.92 Å². The van der Waals surface area contributed by atoms with Crippen molar-refractivity contribution in [1.82, 2.24) is 5.32 Å². The number of rotatable bonds is 3. The van der Waals surface area contributed by atoms with Gasteiger partial charge in [0.05, 0.1) is 7.11 Å². The smallest absolute Gasteiger partial charge is 0.354 e. The predicted molar refractivity (Wildman–Crippen MR) is 61.9 cm³/mol. The Labute approximate surface area is 98.7 Å². The van der Waals surface area contributed by atoms with Gasteiger partial charge in [0.1, 0.15) is 11.4 Å². The van der Waals surface area contributed by atoms with E-state index in [0.717, 1.165) is 0 Å². The van der Waals surface area contributed by atoms with Gasteiger partial charge in [0.15, 0.2) is 0 Å². The molecule has 0 aliphatic rings. The molecule has 1 amide bonds. The van der Waals surface area contributed by atoms with Crippen LogP contribution >= 0.6 is 0 Å². The zero-order valence-electron chi connectivity index (χ0n) is 9.56. The van der Waals surface area contributed by atoms with Gasteiger partial charge < -0.3 is 15.2 Å². The van der Waals surface area contributed by atoms with Crippen molar-refractivity contribution < 1.29 is 19.4 Å². The second-order valence-corrected chi connectivity index (χ2v) is 3.32. The van der Waals surface area contributed by atoms with Crippen LogP contribution in [-0.2, 0) is 14.3 Å². The van der Waals surface area contributed by atoms with Crippen LogP contribution in [0.3, 0.4) is 0 Å². The number of phenolic OH excluding ortho intramolecular Hbond substituents is 1. The van der Waals surface area contributed by atoms with Crippen LogP contribution in [0, 0.1) is 0 Å². The van der Waals surface area contributed by atoms with E-state index in [-0.39, 0.29) is 17.4 Å². The number of amides is 1. The fraction of sp³-hybridized carbons (Fsp3) is 0.167. The molecule has 0 atom stereocenters. The molecular formula is C12H13NO4. The van der Waals surface area contributed by atoms with Crippen LogP contribution < -0.4 is 5.32 Å². The quantitative estimate of drug-likeness (QED) is 0.606. The van der Waals surface area contributed by atoms with Gasteiger partial charge in [-0.2, -0.15) is 0 Å². The minimum Gasteiger partial charge on any atom is -0.508 e. The van der Waals surface area contributed by atoms with Crippen molar-refractivity contribution in [2.45, 2.75) is 6.92 Å². The summed E-state index contributed by atoms with van der Waals surface area (Å²) < 4.78 is 4.54. The van der Waals surface area contributed by atoms with Gasteiger partial charge in [0.25, 0.3) is 0 Å². The summed E-state index contributed by atoms with van der Waals surface area (Å²) >= 11 is 0. The highest BCUT2D eigenvalue weighted by atomic mass is 16.5. The Morgan fingerprint density at radius 1 is 1.29 bits per heavy atom. The van der Waals surface area contributed by atoms with Gasteiger partial charge >= 0.3 is 5.97 Å². The highest BCUT2D eigenvalue weighted by molar-refractivity contribution is 5.97. The van der Waals surface area contributed by atoms with E-state index < -0.39 is 5.97 Å². The van der Waals surface area contributed by atoms with Crippen molar-refractivity contribution in [2.75, 3.05) is 7.11 Å². The SMILES string of the molecule is COC(=O)C(=Cc1ccc(O)cc1)NC(C)=O. The molecule has 1 aromatic rings. The first-order valence-corrected chi connectivity index (χ1v) is 4.89. The van der Waals surface area contributed by atoms with Crippen LogP contribution in [0.5, 0.6) is 5.75 Å². The van der Waals surface area contributed by atoms with E-state index in [0.29, 0.717) is 5.56 Å². The summed E-state index contributed by atoms with van der Waals surface area (Å²) in [4.78, 5) is 22.3. The Hall–Kier alpha value is -2.30. The molecule has 0 bridgehead atoms. The Morgan fingerprint density at radius 3 is 2.35 bits per heavy atom. The number of carbonyl (C=O) groups excluding carboxylic acids is 2. The summed E-state index contributed by atoms with van der Waals surface area (Å²) in [5.41, 5.74) is 0.711. The van der Waals surface area contributed by atoms with E-state index in [2.05, 4.69) is 10.1 Å². The molecule has 0 fully saturated rings. The van der Waals surface area contributed by atoms with Crippen LogP contribution in [0.2, 0.25) is 0 Å². The molecule has 0 unspecified atom stereocenters. The summed E-state index contributed by atoms with van der Waals surface area (Å²) in [7, 11) is 1.23. The number of aromatic hydroxyl groups is 1. The monoisotopic (exact) mass is 235 g/mol. The average Bonchev–Trinajstić information content (AvgIpc) is 2.29. The molecule has 1 rings (SSSR count). The molecule has 90 valence electrons. The fourth-order valence-electron chi connectivity index (χ4n) is 1.18. The summed E-state index contributed by atoms with van der Waals surface area (Å²) in [6.45, 7) is 1.30. The number of nitrogens with one attached hydrogen (secondary N) is 1. The molecule has 0 saturated carbocycles. The zero-order valence-corrected chi connectivity index (χ0v) is 9.56. The third kappa shape index (κ3) is 3.98. The molecule has 17 heavy (non-hydrogen) atoms. The summed E-state index contributed by atoms with van der Waals surface area (Å²) in [6.07, 6.45) is 1.46. The minimum absolute atomic E-state index is 0.0469. The van der Waals surface area contributed by atoms with E-state index >= 15 is 0 Å². The highest BCUT2D eigenvalue weighted by Gasteiger charge is 2.10. The van der Waals surface area contributed by atoms with Gasteiger partial charge in [-0.1, -0.05) is 12.1 Å². The third-order valence-corrected chi connectivity index (χ3v) is 1.92. The summed E-state index contributed by atoms with van der Waals surface area (Å²) in [6, 6.07) is 6.18. The maximum absolute atomic E-state index is 11.4. The Balaban J connectivity index is 3.00. The largest absolute Gasteiger partial charge is 0.508 e. The summed E-state index contributed by atoms with van der Waals surface area (Å²) in [5, 5.41) is 11.5. The number of hydrogen-bond acceptors (Lipinski definition) is 4. The lowest BCUT2D eigenvalue weighted by Crippen LogP contribution is -2.25. The number of esters is 1. The predicted octanol–water partition coefficient (Wildman–Crippen LogP) is 1.04. The van der Waals surface area contributed by atoms with Gasteiger partial charge in [-0.25, -0.2) is 4.79 Å². The van der Waals surface area contributed by atoms with Crippen molar-refractivity contribution in [2.24, 2.45) is 0 Å². The molecule has 0 aromatic heterocycles.